The molecule has 2 aromatic heterocycles. The molecular weight excluding hydrogens is 494 g/mol. The van der Waals surface area contributed by atoms with Gasteiger partial charge in [-0.25, -0.2) is 4.98 Å². The SMILES string of the molecule is CC(=O)c1ccc(CC(=O)[C@H](Cc2cn(C)cn2)NC(=O)/C=C/c2cc(Cl)ccc2-n2cnnn2)cc1. The van der Waals surface area contributed by atoms with Crippen LogP contribution in [-0.4, -0.2) is 53.3 Å². The van der Waals surface area contributed by atoms with Crippen LogP contribution in [0.1, 0.15) is 34.1 Å². The Morgan fingerprint density at radius 1 is 1.11 bits per heavy atom. The number of tetrazole rings is 1. The summed E-state index contributed by atoms with van der Waals surface area (Å²) in [6.07, 6.45) is 8.12. The fraction of sp³-hybridized carbons (Fsp3) is 0.192. The molecule has 0 saturated carbocycles. The second-order valence-corrected chi connectivity index (χ2v) is 8.92. The maximum Gasteiger partial charge on any atom is 0.244 e. The molecule has 1 atom stereocenters. The first kappa shape index (κ1) is 25.6. The highest BCUT2D eigenvalue weighted by atomic mass is 35.5. The summed E-state index contributed by atoms with van der Waals surface area (Å²) in [6.45, 7) is 1.49. The molecule has 1 N–H and O–H groups in total. The van der Waals surface area contributed by atoms with E-state index in [4.69, 9.17) is 11.6 Å². The Hall–Kier alpha value is -4.44. The molecule has 2 aromatic carbocycles. The molecule has 0 aliphatic heterocycles. The monoisotopic (exact) mass is 517 g/mol. The van der Waals surface area contributed by atoms with Gasteiger partial charge in [0.25, 0.3) is 0 Å². The normalized spacial score (nSPS) is 12.0. The van der Waals surface area contributed by atoms with E-state index < -0.39 is 11.9 Å². The van der Waals surface area contributed by atoms with E-state index in [1.54, 1.807) is 65.6 Å². The summed E-state index contributed by atoms with van der Waals surface area (Å²) in [5, 5.41) is 14.5. The Labute approximate surface area is 218 Å². The topological polar surface area (TPSA) is 125 Å². The van der Waals surface area contributed by atoms with Crippen molar-refractivity contribution in [3.8, 4) is 5.69 Å². The molecule has 11 heteroatoms. The third kappa shape index (κ3) is 6.83. The van der Waals surface area contributed by atoms with E-state index >= 15 is 0 Å². The van der Waals surface area contributed by atoms with E-state index in [2.05, 4.69) is 25.8 Å². The van der Waals surface area contributed by atoms with Crippen molar-refractivity contribution in [1.82, 2.24) is 35.1 Å². The fourth-order valence-corrected chi connectivity index (χ4v) is 3.91. The van der Waals surface area contributed by atoms with Crippen molar-refractivity contribution < 1.29 is 14.4 Å². The second-order valence-electron chi connectivity index (χ2n) is 8.48. The van der Waals surface area contributed by atoms with Gasteiger partial charge >= 0.3 is 0 Å². The molecule has 0 unspecified atom stereocenters. The minimum Gasteiger partial charge on any atom is -0.342 e. The van der Waals surface area contributed by atoms with Gasteiger partial charge in [-0.2, -0.15) is 4.68 Å². The summed E-state index contributed by atoms with van der Waals surface area (Å²) in [7, 11) is 1.83. The lowest BCUT2D eigenvalue weighted by molar-refractivity contribution is -0.125. The van der Waals surface area contributed by atoms with Crippen LogP contribution in [-0.2, 0) is 29.5 Å². The number of imidazole rings is 1. The molecule has 0 radical (unpaired) electrons. The third-order valence-corrected chi connectivity index (χ3v) is 5.85. The molecule has 4 rings (SSSR count). The molecule has 0 aliphatic carbocycles. The Morgan fingerprint density at radius 3 is 2.54 bits per heavy atom. The molecule has 37 heavy (non-hydrogen) atoms. The molecule has 0 bridgehead atoms. The highest BCUT2D eigenvalue weighted by molar-refractivity contribution is 6.30. The lowest BCUT2D eigenvalue weighted by Gasteiger charge is -2.16. The van der Waals surface area contributed by atoms with Gasteiger partial charge in [0, 0.05) is 48.3 Å². The predicted octanol–water partition coefficient (Wildman–Crippen LogP) is 2.80. The van der Waals surface area contributed by atoms with Crippen LogP contribution >= 0.6 is 11.6 Å². The van der Waals surface area contributed by atoms with Gasteiger partial charge in [0.1, 0.15) is 6.33 Å². The van der Waals surface area contributed by atoms with E-state index in [1.807, 2.05) is 7.05 Å². The van der Waals surface area contributed by atoms with Crippen LogP contribution in [0.25, 0.3) is 11.8 Å². The van der Waals surface area contributed by atoms with Crippen LogP contribution in [0.15, 0.2) is 67.4 Å². The Bertz CT molecular complexity index is 1440. The fourth-order valence-electron chi connectivity index (χ4n) is 3.73. The zero-order valence-corrected chi connectivity index (χ0v) is 21.0. The summed E-state index contributed by atoms with van der Waals surface area (Å²) in [6, 6.07) is 11.2. The number of benzene rings is 2. The van der Waals surface area contributed by atoms with Crippen LogP contribution in [0, 0.1) is 0 Å². The maximum absolute atomic E-state index is 13.2. The smallest absolute Gasteiger partial charge is 0.244 e. The maximum atomic E-state index is 13.2. The van der Waals surface area contributed by atoms with Gasteiger partial charge in [-0.15, -0.1) is 5.10 Å². The number of aryl methyl sites for hydroxylation is 1. The zero-order valence-electron chi connectivity index (χ0n) is 20.2. The first-order chi connectivity index (χ1) is 17.8. The van der Waals surface area contributed by atoms with Gasteiger partial charge in [-0.1, -0.05) is 35.9 Å². The van der Waals surface area contributed by atoms with E-state index in [1.165, 1.54) is 24.0 Å². The number of ketones is 2. The summed E-state index contributed by atoms with van der Waals surface area (Å²) >= 11 is 6.15. The highest BCUT2D eigenvalue weighted by Gasteiger charge is 2.22. The molecular formula is C26H24ClN7O3. The number of hydrogen-bond acceptors (Lipinski definition) is 7. The van der Waals surface area contributed by atoms with Crippen LogP contribution in [0.2, 0.25) is 5.02 Å². The number of nitrogens with zero attached hydrogens (tertiary/aromatic N) is 6. The largest absolute Gasteiger partial charge is 0.342 e. The van der Waals surface area contributed by atoms with Gasteiger partial charge in [0.05, 0.1) is 23.8 Å². The van der Waals surface area contributed by atoms with Crippen molar-refractivity contribution in [2.24, 2.45) is 7.05 Å². The number of halogens is 1. The van der Waals surface area contributed by atoms with Gasteiger partial charge in [-0.3, -0.25) is 14.4 Å². The average Bonchev–Trinajstić information content (AvgIpc) is 3.55. The number of amides is 1. The summed E-state index contributed by atoms with van der Waals surface area (Å²) < 4.78 is 3.23. The quantitative estimate of drug-likeness (QED) is 0.253. The number of aromatic nitrogens is 6. The summed E-state index contributed by atoms with van der Waals surface area (Å²) in [5.41, 5.74) is 3.24. The third-order valence-electron chi connectivity index (χ3n) is 5.62. The number of hydrogen-bond donors (Lipinski definition) is 1. The van der Waals surface area contributed by atoms with Gasteiger partial charge in [-0.05, 0) is 47.2 Å². The predicted molar refractivity (Wildman–Crippen MR) is 137 cm³/mol. The summed E-state index contributed by atoms with van der Waals surface area (Å²) in [5.74, 6) is -0.683. The molecule has 2 heterocycles. The van der Waals surface area contributed by atoms with E-state index in [9.17, 15) is 14.4 Å². The van der Waals surface area contributed by atoms with Gasteiger partial charge < -0.3 is 9.88 Å². The highest BCUT2D eigenvalue weighted by Crippen LogP contribution is 2.20. The first-order valence-corrected chi connectivity index (χ1v) is 11.8. The van der Waals surface area contributed by atoms with E-state index in [0.29, 0.717) is 27.5 Å². The number of nitrogens with one attached hydrogen (secondary N) is 1. The Kier molecular flexibility index (Phi) is 7.99. The van der Waals surface area contributed by atoms with Crippen LogP contribution in [0.4, 0.5) is 0 Å². The lowest BCUT2D eigenvalue weighted by atomic mass is 9.99. The Balaban J connectivity index is 1.51. The van der Waals surface area contributed by atoms with Crippen molar-refractivity contribution in [3.63, 3.8) is 0 Å². The standard InChI is InChI=1S/C26H24ClN7O3/c1-17(35)19-5-3-18(4-6-19)11-25(36)23(13-22-14-33(2)15-28-22)30-26(37)10-7-20-12-21(27)8-9-24(20)34-16-29-31-32-34/h3-10,12,14-16,23H,11,13H2,1-2H3,(H,30,37)/b10-7+/t23-/m0/s1. The minimum absolute atomic E-state index is 0.0482. The van der Waals surface area contributed by atoms with Crippen molar-refractivity contribution in [3.05, 3.63) is 94.8 Å². The molecule has 1 amide bonds. The number of Topliss-reactive ketones (excluding diaryl/α,β-unsaturated/α-hetero) is 2. The van der Waals surface area contributed by atoms with Crippen LogP contribution in [0.3, 0.4) is 0 Å². The Morgan fingerprint density at radius 2 is 1.89 bits per heavy atom. The van der Waals surface area contributed by atoms with Gasteiger partial charge in [0.15, 0.2) is 11.6 Å². The number of carbonyl (C=O) groups excluding carboxylic acids is 3. The molecule has 0 spiro atoms. The second kappa shape index (κ2) is 11.5. The lowest BCUT2D eigenvalue weighted by Crippen LogP contribution is -2.42. The van der Waals surface area contributed by atoms with E-state index in [-0.39, 0.29) is 24.4 Å². The zero-order chi connectivity index (χ0) is 26.4. The van der Waals surface area contributed by atoms with Crippen molar-refractivity contribution in [2.75, 3.05) is 0 Å². The van der Waals surface area contributed by atoms with Crippen molar-refractivity contribution in [1.29, 1.82) is 0 Å². The minimum atomic E-state index is -0.808. The molecule has 10 nitrogen and oxygen atoms in total. The van der Waals surface area contributed by atoms with Crippen molar-refractivity contribution >= 4 is 35.2 Å². The number of carbonyl (C=O) groups is 3. The first-order valence-electron chi connectivity index (χ1n) is 11.4. The van der Waals surface area contributed by atoms with Crippen molar-refractivity contribution in [2.45, 2.75) is 25.8 Å². The van der Waals surface area contributed by atoms with E-state index in [0.717, 1.165) is 5.56 Å². The average molecular weight is 518 g/mol. The molecule has 188 valence electrons. The van der Waals surface area contributed by atoms with Gasteiger partial charge in [0.2, 0.25) is 5.91 Å². The molecule has 4 aromatic rings. The molecule has 0 fully saturated rings. The molecule has 0 saturated heterocycles. The van der Waals surface area contributed by atoms with Crippen LogP contribution < -0.4 is 5.32 Å². The number of rotatable bonds is 10. The summed E-state index contributed by atoms with van der Waals surface area (Å²) in [4.78, 5) is 41.9. The molecule has 0 aliphatic rings. The van der Waals surface area contributed by atoms with Crippen LogP contribution in [0.5, 0.6) is 0 Å².